The van der Waals surface area contributed by atoms with Gasteiger partial charge in [0.05, 0.1) is 0 Å². The third-order valence-electron chi connectivity index (χ3n) is 7.50. The molecular formula is C28H33N3O2. The smallest absolute Gasteiger partial charge is 0.267 e. The van der Waals surface area contributed by atoms with Crippen LogP contribution in [0, 0.1) is 5.92 Å². The molecule has 2 aliphatic rings. The number of hydrogen-bond donors (Lipinski definition) is 3. The Kier molecular flexibility index (Phi) is 6.60. The number of para-hydroxylation sites is 1. The van der Waals surface area contributed by atoms with Gasteiger partial charge in [-0.15, -0.1) is 0 Å². The van der Waals surface area contributed by atoms with Crippen LogP contribution in [0.15, 0.2) is 54.7 Å². The Labute approximate surface area is 195 Å². The van der Waals surface area contributed by atoms with Crippen molar-refractivity contribution < 1.29 is 10.0 Å². The lowest BCUT2D eigenvalue weighted by atomic mass is 10.0. The topological polar surface area (TPSA) is 68.4 Å². The lowest BCUT2D eigenvalue weighted by Crippen LogP contribution is -2.33. The molecule has 2 aliphatic carbocycles. The molecule has 5 nitrogen and oxygen atoms in total. The van der Waals surface area contributed by atoms with E-state index in [-0.39, 0.29) is 0 Å². The summed E-state index contributed by atoms with van der Waals surface area (Å²) in [6.45, 7) is 2.26. The van der Waals surface area contributed by atoms with Crippen molar-refractivity contribution in [3.05, 3.63) is 77.0 Å². The number of amides is 1. The van der Waals surface area contributed by atoms with Gasteiger partial charge in [-0.05, 0) is 72.4 Å². The van der Waals surface area contributed by atoms with E-state index < -0.39 is 5.91 Å². The van der Waals surface area contributed by atoms with Crippen molar-refractivity contribution in [1.82, 2.24) is 15.4 Å². The predicted molar refractivity (Wildman–Crippen MR) is 132 cm³/mol. The summed E-state index contributed by atoms with van der Waals surface area (Å²) < 4.78 is 0. The normalized spacial score (nSPS) is 18.5. The van der Waals surface area contributed by atoms with Crippen molar-refractivity contribution in [3.63, 3.8) is 0 Å². The Morgan fingerprint density at radius 1 is 1.15 bits per heavy atom. The largest absolute Gasteiger partial charge is 0.361 e. The molecule has 0 spiro atoms. The van der Waals surface area contributed by atoms with Crippen LogP contribution in [0.1, 0.15) is 60.4 Å². The number of nitrogens with zero attached hydrogens (tertiary/aromatic N) is 1. The zero-order valence-corrected chi connectivity index (χ0v) is 19.1. The van der Waals surface area contributed by atoms with Crippen molar-refractivity contribution in [1.29, 1.82) is 0 Å². The molecule has 1 atom stereocenters. The first-order valence-corrected chi connectivity index (χ1v) is 12.3. The van der Waals surface area contributed by atoms with Gasteiger partial charge in [-0.3, -0.25) is 14.9 Å². The molecule has 33 heavy (non-hydrogen) atoms. The molecule has 3 aromatic rings. The van der Waals surface area contributed by atoms with Gasteiger partial charge in [0, 0.05) is 42.3 Å². The molecule has 0 aliphatic heterocycles. The highest BCUT2D eigenvalue weighted by atomic mass is 16.5. The molecule has 5 rings (SSSR count). The number of aromatic nitrogens is 1. The molecule has 172 valence electrons. The van der Waals surface area contributed by atoms with Crippen LogP contribution in [0.25, 0.3) is 17.0 Å². The maximum absolute atomic E-state index is 11.3. The fraction of sp³-hybridized carbons (Fsp3) is 0.393. The van der Waals surface area contributed by atoms with Crippen LogP contribution in [0.5, 0.6) is 0 Å². The van der Waals surface area contributed by atoms with Crippen molar-refractivity contribution in [2.24, 2.45) is 5.92 Å². The number of nitrogens with one attached hydrogen (secondary N) is 2. The first-order chi connectivity index (χ1) is 16.2. The van der Waals surface area contributed by atoms with Gasteiger partial charge in [0.2, 0.25) is 0 Å². The zero-order valence-electron chi connectivity index (χ0n) is 19.1. The average molecular weight is 444 g/mol. The van der Waals surface area contributed by atoms with E-state index in [2.05, 4.69) is 58.5 Å². The summed E-state index contributed by atoms with van der Waals surface area (Å²) in [5.41, 5.74) is 8.09. The van der Waals surface area contributed by atoms with E-state index in [1.165, 1.54) is 65.9 Å². The molecule has 1 fully saturated rings. The van der Waals surface area contributed by atoms with Crippen molar-refractivity contribution in [2.75, 3.05) is 13.1 Å². The van der Waals surface area contributed by atoms with Crippen molar-refractivity contribution >= 4 is 22.9 Å². The number of fused-ring (bicyclic) bond motifs is 2. The number of hydrogen-bond acceptors (Lipinski definition) is 3. The molecular weight excluding hydrogens is 410 g/mol. The number of rotatable bonds is 8. The van der Waals surface area contributed by atoms with Crippen molar-refractivity contribution in [3.8, 4) is 0 Å². The minimum atomic E-state index is -0.506. The lowest BCUT2D eigenvalue weighted by molar-refractivity contribution is -0.124. The van der Waals surface area contributed by atoms with E-state index in [1.54, 1.807) is 11.6 Å². The molecule has 0 radical (unpaired) electrons. The van der Waals surface area contributed by atoms with Gasteiger partial charge in [0.25, 0.3) is 5.91 Å². The summed E-state index contributed by atoms with van der Waals surface area (Å²) in [7, 11) is 0. The molecule has 2 aromatic carbocycles. The van der Waals surface area contributed by atoms with E-state index in [0.29, 0.717) is 6.04 Å². The van der Waals surface area contributed by atoms with Crippen LogP contribution in [0.2, 0.25) is 0 Å². The Balaban J connectivity index is 1.35. The Morgan fingerprint density at radius 3 is 2.85 bits per heavy atom. The molecule has 0 saturated heterocycles. The van der Waals surface area contributed by atoms with E-state index in [9.17, 15) is 4.79 Å². The highest BCUT2D eigenvalue weighted by Crippen LogP contribution is 2.38. The number of carbonyl (C=O) groups is 1. The maximum atomic E-state index is 11.3. The number of H-pyrrole nitrogens is 1. The zero-order chi connectivity index (χ0) is 22.6. The molecule has 3 N–H and O–H groups in total. The summed E-state index contributed by atoms with van der Waals surface area (Å²) in [4.78, 5) is 17.5. The van der Waals surface area contributed by atoms with Crippen molar-refractivity contribution in [2.45, 2.75) is 51.0 Å². The number of hydroxylamine groups is 1. The van der Waals surface area contributed by atoms with Crippen LogP contribution < -0.4 is 5.48 Å². The highest BCUT2D eigenvalue weighted by Gasteiger charge is 2.30. The fourth-order valence-electron chi connectivity index (χ4n) is 5.81. The molecule has 1 saturated carbocycles. The molecule has 1 unspecified atom stereocenters. The number of aromatic amines is 1. The Hall–Kier alpha value is -2.89. The molecule has 1 aromatic heterocycles. The minimum absolute atomic E-state index is 0.463. The third kappa shape index (κ3) is 4.90. The summed E-state index contributed by atoms with van der Waals surface area (Å²) in [6.07, 6.45) is 14.1. The van der Waals surface area contributed by atoms with Gasteiger partial charge < -0.3 is 4.98 Å². The lowest BCUT2D eigenvalue weighted by Gasteiger charge is -2.32. The SMILES string of the molecule is O=C(/C=C/c1ccc2c(c1)CCC2N(CCc1c[nH]c2ccccc12)CC1CCCC1)NO. The standard InChI is InChI=1S/C28H33N3O2/c32-28(30-33)14-10-20-9-12-25-22(17-20)11-13-27(25)31(19-21-5-1-2-6-21)16-15-23-18-29-26-8-4-3-7-24(23)26/h3-4,7-10,12,14,17-18,21,27,29,33H,1-2,5-6,11,13,15-16,19H2,(H,30,32)/b14-10+. The third-order valence-corrected chi connectivity index (χ3v) is 7.50. The second kappa shape index (κ2) is 9.94. The number of benzene rings is 2. The van der Waals surface area contributed by atoms with Gasteiger partial charge in [-0.1, -0.05) is 49.2 Å². The van der Waals surface area contributed by atoms with Crippen LogP contribution in [0.4, 0.5) is 0 Å². The quantitative estimate of drug-likeness (QED) is 0.248. The number of aryl methyl sites for hydroxylation is 1. The molecule has 1 amide bonds. The predicted octanol–water partition coefficient (Wildman–Crippen LogP) is 5.41. The molecule has 0 bridgehead atoms. The van der Waals surface area contributed by atoms with Gasteiger partial charge in [0.15, 0.2) is 0 Å². The summed E-state index contributed by atoms with van der Waals surface area (Å²) >= 11 is 0. The summed E-state index contributed by atoms with van der Waals surface area (Å²) in [5, 5.41) is 10.0. The Bertz CT molecular complexity index is 1140. The summed E-state index contributed by atoms with van der Waals surface area (Å²) in [5.74, 6) is 0.310. The first kappa shape index (κ1) is 21.9. The molecule has 1 heterocycles. The Morgan fingerprint density at radius 2 is 2.00 bits per heavy atom. The van der Waals surface area contributed by atoms with Crippen LogP contribution in [0.3, 0.4) is 0 Å². The maximum Gasteiger partial charge on any atom is 0.267 e. The van der Waals surface area contributed by atoms with Crippen LogP contribution in [-0.4, -0.2) is 34.1 Å². The second-order valence-corrected chi connectivity index (χ2v) is 9.58. The van der Waals surface area contributed by atoms with Gasteiger partial charge in [0.1, 0.15) is 0 Å². The summed E-state index contributed by atoms with van der Waals surface area (Å²) in [6, 6.07) is 15.6. The van der Waals surface area contributed by atoms with E-state index in [0.717, 1.165) is 37.3 Å². The van der Waals surface area contributed by atoms with Gasteiger partial charge >= 0.3 is 0 Å². The van der Waals surface area contributed by atoms with Crippen LogP contribution >= 0.6 is 0 Å². The molecule has 5 heteroatoms. The van der Waals surface area contributed by atoms with E-state index in [1.807, 2.05) is 0 Å². The average Bonchev–Trinajstić information content (AvgIpc) is 3.60. The fourth-order valence-corrected chi connectivity index (χ4v) is 5.81. The minimum Gasteiger partial charge on any atom is -0.361 e. The van der Waals surface area contributed by atoms with Gasteiger partial charge in [-0.25, -0.2) is 5.48 Å². The monoisotopic (exact) mass is 443 g/mol. The van der Waals surface area contributed by atoms with E-state index >= 15 is 0 Å². The highest BCUT2D eigenvalue weighted by molar-refractivity contribution is 5.90. The first-order valence-electron chi connectivity index (χ1n) is 12.3. The van der Waals surface area contributed by atoms with Crippen LogP contribution in [-0.2, 0) is 17.6 Å². The second-order valence-electron chi connectivity index (χ2n) is 9.58. The number of carbonyl (C=O) groups excluding carboxylic acids is 1. The van der Waals surface area contributed by atoms with E-state index in [4.69, 9.17) is 5.21 Å². The van der Waals surface area contributed by atoms with Gasteiger partial charge in [-0.2, -0.15) is 0 Å².